The first-order chi connectivity index (χ1) is 14.6. The lowest BCUT2D eigenvalue weighted by molar-refractivity contribution is -0.142. The van der Waals surface area contributed by atoms with Crippen LogP contribution in [0.4, 0.5) is 27.6 Å². The zero-order valence-electron chi connectivity index (χ0n) is 15.9. The maximum absolute atomic E-state index is 12.7. The van der Waals surface area contributed by atoms with Crippen LogP contribution in [0.1, 0.15) is 11.1 Å². The standard InChI is InChI=1S/C20H16F5NO5/c1-29-16-9-12(5-7-15(16)31-19(21)22)6-8-18(28)30-11-17(27)26-14-4-2-3-13(10-14)20(23,24)25/h2-10,19H,11H2,1H3,(H,26,27)/b8-6+. The lowest BCUT2D eigenvalue weighted by atomic mass is 10.2. The molecule has 0 saturated carbocycles. The Morgan fingerprint density at radius 1 is 1.10 bits per heavy atom. The number of esters is 1. The number of halogens is 5. The predicted octanol–water partition coefficient (Wildman–Crippen LogP) is 4.51. The number of benzene rings is 2. The fourth-order valence-electron chi connectivity index (χ4n) is 2.30. The number of methoxy groups -OCH3 is 1. The fraction of sp³-hybridized carbons (Fsp3) is 0.200. The summed E-state index contributed by atoms with van der Waals surface area (Å²) in [6, 6.07) is 7.91. The van der Waals surface area contributed by atoms with Crippen molar-refractivity contribution >= 4 is 23.6 Å². The summed E-state index contributed by atoms with van der Waals surface area (Å²) < 4.78 is 76.6. The minimum Gasteiger partial charge on any atom is -0.493 e. The van der Waals surface area contributed by atoms with Gasteiger partial charge < -0.3 is 19.5 Å². The average molecular weight is 445 g/mol. The lowest BCUT2D eigenvalue weighted by Gasteiger charge is -2.10. The van der Waals surface area contributed by atoms with Gasteiger partial charge in [-0.25, -0.2) is 4.79 Å². The van der Waals surface area contributed by atoms with Crippen molar-refractivity contribution in [3.8, 4) is 11.5 Å². The minimum absolute atomic E-state index is 0.0104. The average Bonchev–Trinajstić information content (AvgIpc) is 2.70. The molecule has 2 rings (SSSR count). The van der Waals surface area contributed by atoms with E-state index in [-0.39, 0.29) is 17.2 Å². The summed E-state index contributed by atoms with van der Waals surface area (Å²) in [5.41, 5.74) is -0.654. The molecular weight excluding hydrogens is 429 g/mol. The summed E-state index contributed by atoms with van der Waals surface area (Å²) >= 11 is 0. The summed E-state index contributed by atoms with van der Waals surface area (Å²) in [5, 5.41) is 2.19. The van der Waals surface area contributed by atoms with Crippen molar-refractivity contribution in [1.29, 1.82) is 0 Å². The molecule has 0 aliphatic rings. The van der Waals surface area contributed by atoms with E-state index in [9.17, 15) is 31.5 Å². The van der Waals surface area contributed by atoms with E-state index in [1.165, 1.54) is 37.5 Å². The highest BCUT2D eigenvalue weighted by Crippen LogP contribution is 2.31. The highest BCUT2D eigenvalue weighted by atomic mass is 19.4. The van der Waals surface area contributed by atoms with E-state index < -0.39 is 36.8 Å². The normalized spacial score (nSPS) is 11.5. The molecule has 11 heteroatoms. The molecule has 0 fully saturated rings. The number of hydrogen-bond acceptors (Lipinski definition) is 5. The van der Waals surface area contributed by atoms with Crippen LogP contribution in [-0.2, 0) is 20.5 Å². The molecule has 6 nitrogen and oxygen atoms in total. The monoisotopic (exact) mass is 445 g/mol. The van der Waals surface area contributed by atoms with Gasteiger partial charge in [0.05, 0.1) is 12.7 Å². The van der Waals surface area contributed by atoms with E-state index in [0.29, 0.717) is 5.56 Å². The second-order valence-corrected chi connectivity index (χ2v) is 5.86. The van der Waals surface area contributed by atoms with Crippen molar-refractivity contribution in [1.82, 2.24) is 0 Å². The number of alkyl halides is 5. The SMILES string of the molecule is COc1cc(/C=C/C(=O)OCC(=O)Nc2cccc(C(F)(F)F)c2)ccc1OC(F)F. The number of carbonyl (C=O) groups is 2. The molecule has 166 valence electrons. The van der Waals surface area contributed by atoms with E-state index in [1.807, 2.05) is 0 Å². The first kappa shape index (κ1) is 23.6. The van der Waals surface area contributed by atoms with Crippen LogP contribution >= 0.6 is 0 Å². The van der Waals surface area contributed by atoms with Gasteiger partial charge in [-0.2, -0.15) is 22.0 Å². The number of carbonyl (C=O) groups excluding carboxylic acids is 2. The second-order valence-electron chi connectivity index (χ2n) is 5.86. The van der Waals surface area contributed by atoms with Gasteiger partial charge >= 0.3 is 18.8 Å². The molecule has 0 atom stereocenters. The zero-order valence-corrected chi connectivity index (χ0v) is 15.9. The molecule has 0 spiro atoms. The molecule has 2 aromatic rings. The molecular formula is C20H16F5NO5. The van der Waals surface area contributed by atoms with E-state index in [2.05, 4.69) is 10.1 Å². The Morgan fingerprint density at radius 2 is 1.84 bits per heavy atom. The molecule has 0 aliphatic heterocycles. The van der Waals surface area contributed by atoms with Gasteiger partial charge in [-0.05, 0) is 42.0 Å². The second kappa shape index (κ2) is 10.4. The highest BCUT2D eigenvalue weighted by Gasteiger charge is 2.30. The van der Waals surface area contributed by atoms with Crippen LogP contribution in [0.2, 0.25) is 0 Å². The summed E-state index contributed by atoms with van der Waals surface area (Å²) in [7, 11) is 1.25. The molecule has 0 radical (unpaired) electrons. The van der Waals surface area contributed by atoms with E-state index >= 15 is 0 Å². The van der Waals surface area contributed by atoms with Crippen molar-refractivity contribution in [2.45, 2.75) is 12.8 Å². The number of amides is 1. The van der Waals surface area contributed by atoms with Crippen molar-refractivity contribution in [2.75, 3.05) is 19.0 Å². The molecule has 0 saturated heterocycles. The number of nitrogens with one attached hydrogen (secondary N) is 1. The lowest BCUT2D eigenvalue weighted by Crippen LogP contribution is -2.20. The van der Waals surface area contributed by atoms with Gasteiger partial charge in [0.25, 0.3) is 5.91 Å². The number of ether oxygens (including phenoxy) is 3. The Hall–Kier alpha value is -3.63. The Bertz CT molecular complexity index is 959. The van der Waals surface area contributed by atoms with Crippen LogP contribution in [0.15, 0.2) is 48.5 Å². The third-order valence-corrected chi connectivity index (χ3v) is 3.63. The highest BCUT2D eigenvalue weighted by molar-refractivity contribution is 5.94. The summed E-state index contributed by atoms with van der Waals surface area (Å²) in [6.45, 7) is -3.77. The molecule has 0 unspecified atom stereocenters. The van der Waals surface area contributed by atoms with Gasteiger partial charge in [0, 0.05) is 11.8 Å². The van der Waals surface area contributed by atoms with Gasteiger partial charge in [0.2, 0.25) is 0 Å². The van der Waals surface area contributed by atoms with Gasteiger partial charge in [0.15, 0.2) is 18.1 Å². The van der Waals surface area contributed by atoms with Gasteiger partial charge in [-0.3, -0.25) is 4.79 Å². The number of rotatable bonds is 8. The maximum Gasteiger partial charge on any atom is 0.416 e. The third-order valence-electron chi connectivity index (χ3n) is 3.63. The molecule has 0 aliphatic carbocycles. The molecule has 0 aromatic heterocycles. The van der Waals surface area contributed by atoms with E-state index in [4.69, 9.17) is 9.47 Å². The van der Waals surface area contributed by atoms with Crippen molar-refractivity contribution in [3.63, 3.8) is 0 Å². The van der Waals surface area contributed by atoms with Crippen molar-refractivity contribution < 1.29 is 45.8 Å². The zero-order chi connectivity index (χ0) is 23.0. The molecule has 31 heavy (non-hydrogen) atoms. The number of hydrogen-bond donors (Lipinski definition) is 1. The Kier molecular flexibility index (Phi) is 7.94. The first-order valence-electron chi connectivity index (χ1n) is 8.53. The molecule has 2 aromatic carbocycles. The topological polar surface area (TPSA) is 73.9 Å². The van der Waals surface area contributed by atoms with Gasteiger partial charge in [0.1, 0.15) is 0 Å². The molecule has 1 N–H and O–H groups in total. The Labute approximate surface area is 173 Å². The van der Waals surface area contributed by atoms with Gasteiger partial charge in [-0.1, -0.05) is 12.1 Å². The van der Waals surface area contributed by atoms with Crippen LogP contribution in [0.3, 0.4) is 0 Å². The summed E-state index contributed by atoms with van der Waals surface area (Å²) in [6.07, 6.45) is -2.31. The summed E-state index contributed by atoms with van der Waals surface area (Å²) in [5.74, 6) is -1.93. The van der Waals surface area contributed by atoms with Crippen LogP contribution < -0.4 is 14.8 Å². The fourth-order valence-corrected chi connectivity index (χ4v) is 2.30. The Morgan fingerprint density at radius 3 is 2.48 bits per heavy atom. The van der Waals surface area contributed by atoms with E-state index in [1.54, 1.807) is 0 Å². The van der Waals surface area contributed by atoms with Crippen LogP contribution in [0.25, 0.3) is 6.08 Å². The third kappa shape index (κ3) is 7.61. The molecule has 0 heterocycles. The number of anilines is 1. The quantitative estimate of drug-likeness (QED) is 0.368. The maximum atomic E-state index is 12.7. The molecule has 0 bridgehead atoms. The molecule has 1 amide bonds. The first-order valence-corrected chi connectivity index (χ1v) is 8.53. The smallest absolute Gasteiger partial charge is 0.416 e. The van der Waals surface area contributed by atoms with Crippen LogP contribution in [0.5, 0.6) is 11.5 Å². The van der Waals surface area contributed by atoms with Gasteiger partial charge in [-0.15, -0.1) is 0 Å². The van der Waals surface area contributed by atoms with Crippen LogP contribution in [-0.4, -0.2) is 32.2 Å². The Balaban J connectivity index is 1.90. The van der Waals surface area contributed by atoms with Crippen LogP contribution in [0, 0.1) is 0 Å². The van der Waals surface area contributed by atoms with Crippen molar-refractivity contribution in [3.05, 3.63) is 59.7 Å². The summed E-state index contributed by atoms with van der Waals surface area (Å²) in [4.78, 5) is 23.5. The van der Waals surface area contributed by atoms with E-state index in [0.717, 1.165) is 24.3 Å². The minimum atomic E-state index is -4.57. The van der Waals surface area contributed by atoms with Crippen molar-refractivity contribution in [2.24, 2.45) is 0 Å². The largest absolute Gasteiger partial charge is 0.493 e. The predicted molar refractivity (Wildman–Crippen MR) is 99.7 cm³/mol.